The predicted octanol–water partition coefficient (Wildman–Crippen LogP) is 2.20. The second-order valence-electron chi connectivity index (χ2n) is 5.40. The number of hydrogen-bond donors (Lipinski definition) is 0. The summed E-state index contributed by atoms with van der Waals surface area (Å²) in [6.07, 6.45) is 1.98. The maximum atomic E-state index is 13.7. The van der Waals surface area contributed by atoms with Crippen molar-refractivity contribution in [3.8, 4) is 5.88 Å². The Morgan fingerprint density at radius 2 is 2.00 bits per heavy atom. The molecule has 1 fully saturated rings. The van der Waals surface area contributed by atoms with Gasteiger partial charge in [-0.1, -0.05) is 24.3 Å². The van der Waals surface area contributed by atoms with Crippen LogP contribution < -0.4 is 4.74 Å². The largest absolute Gasteiger partial charge is 0.473 e. The summed E-state index contributed by atoms with van der Waals surface area (Å²) in [6.45, 7) is 0.627. The SMILES string of the molecule is O=S(=O)(Cc1ccccc1F)N1CCC(Oc2ccccn2)C1. The van der Waals surface area contributed by atoms with Gasteiger partial charge < -0.3 is 4.74 Å². The molecule has 1 saturated heterocycles. The molecular weight excluding hydrogens is 319 g/mol. The molecule has 0 saturated carbocycles. The Labute approximate surface area is 134 Å². The molecule has 0 bridgehead atoms. The highest BCUT2D eigenvalue weighted by atomic mass is 32.2. The lowest BCUT2D eigenvalue weighted by Gasteiger charge is -2.17. The third-order valence-electron chi connectivity index (χ3n) is 3.72. The van der Waals surface area contributed by atoms with E-state index in [9.17, 15) is 12.8 Å². The Morgan fingerprint density at radius 1 is 1.22 bits per heavy atom. The van der Waals surface area contributed by atoms with Gasteiger partial charge in [-0.25, -0.2) is 17.8 Å². The van der Waals surface area contributed by atoms with Crippen LogP contribution in [0.1, 0.15) is 12.0 Å². The van der Waals surface area contributed by atoms with Crippen LogP contribution in [-0.2, 0) is 15.8 Å². The molecular formula is C16H17FN2O3S. The van der Waals surface area contributed by atoms with E-state index in [2.05, 4.69) is 4.98 Å². The number of aromatic nitrogens is 1. The Kier molecular flexibility index (Phi) is 4.58. The van der Waals surface area contributed by atoms with Gasteiger partial charge in [0, 0.05) is 24.4 Å². The van der Waals surface area contributed by atoms with E-state index >= 15 is 0 Å². The van der Waals surface area contributed by atoms with Gasteiger partial charge in [0.25, 0.3) is 0 Å². The van der Waals surface area contributed by atoms with Crippen LogP contribution in [0, 0.1) is 5.82 Å². The van der Waals surface area contributed by atoms with Crippen molar-refractivity contribution < 1.29 is 17.5 Å². The zero-order valence-corrected chi connectivity index (χ0v) is 13.2. The maximum absolute atomic E-state index is 13.7. The molecule has 0 spiro atoms. The molecule has 2 aromatic rings. The molecule has 1 aliphatic rings. The highest BCUT2D eigenvalue weighted by Crippen LogP contribution is 2.21. The summed E-state index contributed by atoms with van der Waals surface area (Å²) in [4.78, 5) is 4.07. The minimum absolute atomic E-state index is 0.182. The molecule has 5 nitrogen and oxygen atoms in total. The van der Waals surface area contributed by atoms with Gasteiger partial charge in [0.2, 0.25) is 15.9 Å². The molecule has 1 unspecified atom stereocenters. The summed E-state index contributed by atoms with van der Waals surface area (Å²) in [5.74, 6) is -0.363. The van der Waals surface area contributed by atoms with Crippen molar-refractivity contribution in [3.63, 3.8) is 0 Å². The number of hydrogen-bond acceptors (Lipinski definition) is 4. The normalized spacial score (nSPS) is 18.9. The Bertz CT molecular complexity index is 768. The molecule has 1 aromatic heterocycles. The quantitative estimate of drug-likeness (QED) is 0.840. The van der Waals surface area contributed by atoms with E-state index in [4.69, 9.17) is 4.74 Å². The molecule has 1 atom stereocenters. The minimum atomic E-state index is -3.57. The second-order valence-corrected chi connectivity index (χ2v) is 7.37. The van der Waals surface area contributed by atoms with Crippen LogP contribution in [0.25, 0.3) is 0 Å². The standard InChI is InChI=1S/C16H17FN2O3S/c17-15-6-2-1-5-13(15)12-23(20,21)19-10-8-14(11-19)22-16-7-3-4-9-18-16/h1-7,9,14H,8,10-12H2. The van der Waals surface area contributed by atoms with E-state index in [0.29, 0.717) is 18.8 Å². The summed E-state index contributed by atoms with van der Waals surface area (Å²) >= 11 is 0. The smallest absolute Gasteiger partial charge is 0.218 e. The first-order valence-corrected chi connectivity index (χ1v) is 8.94. The van der Waals surface area contributed by atoms with Gasteiger partial charge in [0.1, 0.15) is 11.9 Å². The summed E-state index contributed by atoms with van der Waals surface area (Å²) in [6, 6.07) is 11.3. The fraction of sp³-hybridized carbons (Fsp3) is 0.312. The molecule has 0 amide bonds. The summed E-state index contributed by atoms with van der Waals surface area (Å²) < 4.78 is 45.6. The number of nitrogens with zero attached hydrogens (tertiary/aromatic N) is 2. The highest BCUT2D eigenvalue weighted by molar-refractivity contribution is 7.88. The number of rotatable bonds is 5. The van der Waals surface area contributed by atoms with Crippen molar-refractivity contribution in [1.29, 1.82) is 0 Å². The lowest BCUT2D eigenvalue weighted by molar-refractivity contribution is 0.207. The van der Waals surface area contributed by atoms with Gasteiger partial charge in [0.15, 0.2) is 0 Å². The Balaban J connectivity index is 1.65. The van der Waals surface area contributed by atoms with Crippen molar-refractivity contribution >= 4 is 10.0 Å². The number of benzene rings is 1. The second kappa shape index (κ2) is 6.64. The van der Waals surface area contributed by atoms with Crippen LogP contribution in [0.2, 0.25) is 0 Å². The Morgan fingerprint density at radius 3 is 2.74 bits per heavy atom. The average molecular weight is 336 g/mol. The van der Waals surface area contributed by atoms with E-state index in [1.165, 1.54) is 22.5 Å². The van der Waals surface area contributed by atoms with Crippen molar-refractivity contribution in [2.45, 2.75) is 18.3 Å². The molecule has 23 heavy (non-hydrogen) atoms. The van der Waals surface area contributed by atoms with E-state index in [1.807, 2.05) is 6.07 Å². The molecule has 1 aliphatic heterocycles. The monoisotopic (exact) mass is 336 g/mol. The first kappa shape index (κ1) is 15.9. The molecule has 0 aliphatic carbocycles. The lowest BCUT2D eigenvalue weighted by atomic mass is 10.2. The first-order chi connectivity index (χ1) is 11.0. The molecule has 122 valence electrons. The molecule has 7 heteroatoms. The van der Waals surface area contributed by atoms with Crippen LogP contribution in [0.3, 0.4) is 0 Å². The molecule has 2 heterocycles. The van der Waals surface area contributed by atoms with Crippen molar-refractivity contribution in [2.75, 3.05) is 13.1 Å². The van der Waals surface area contributed by atoms with Crippen molar-refractivity contribution in [3.05, 3.63) is 60.0 Å². The zero-order valence-electron chi connectivity index (χ0n) is 12.4. The lowest BCUT2D eigenvalue weighted by Crippen LogP contribution is -2.32. The number of ether oxygens (including phenoxy) is 1. The van der Waals surface area contributed by atoms with Crippen molar-refractivity contribution in [2.24, 2.45) is 0 Å². The third-order valence-corrected chi connectivity index (χ3v) is 5.52. The summed E-state index contributed by atoms with van der Waals surface area (Å²) in [5.41, 5.74) is 0.182. The van der Waals surface area contributed by atoms with Crippen molar-refractivity contribution in [1.82, 2.24) is 9.29 Å². The Hall–Kier alpha value is -1.99. The number of pyridine rings is 1. The van der Waals surface area contributed by atoms with Crippen LogP contribution in [-0.4, -0.2) is 36.9 Å². The minimum Gasteiger partial charge on any atom is -0.473 e. The van der Waals surface area contributed by atoms with E-state index < -0.39 is 15.8 Å². The summed E-state index contributed by atoms with van der Waals surface area (Å²) in [7, 11) is -3.57. The van der Waals surface area contributed by atoms with Crippen LogP contribution in [0.4, 0.5) is 4.39 Å². The van der Waals surface area contributed by atoms with Crippen LogP contribution in [0.5, 0.6) is 5.88 Å². The topological polar surface area (TPSA) is 59.5 Å². The molecule has 1 aromatic carbocycles. The van der Waals surface area contributed by atoms with Gasteiger partial charge in [-0.2, -0.15) is 4.31 Å². The predicted molar refractivity (Wildman–Crippen MR) is 83.9 cm³/mol. The zero-order chi connectivity index (χ0) is 16.3. The molecule has 0 radical (unpaired) electrons. The van der Waals surface area contributed by atoms with Gasteiger partial charge >= 0.3 is 0 Å². The number of halogens is 1. The van der Waals surface area contributed by atoms with E-state index in [-0.39, 0.29) is 24.0 Å². The van der Waals surface area contributed by atoms with Gasteiger partial charge in [-0.05, 0) is 18.6 Å². The highest BCUT2D eigenvalue weighted by Gasteiger charge is 2.33. The maximum Gasteiger partial charge on any atom is 0.218 e. The van der Waals surface area contributed by atoms with Gasteiger partial charge in [-0.15, -0.1) is 0 Å². The molecule has 0 N–H and O–H groups in total. The van der Waals surface area contributed by atoms with Crippen LogP contribution >= 0.6 is 0 Å². The van der Waals surface area contributed by atoms with E-state index in [0.717, 1.165) is 0 Å². The number of sulfonamides is 1. The van der Waals surface area contributed by atoms with Crippen LogP contribution in [0.15, 0.2) is 48.7 Å². The summed E-state index contributed by atoms with van der Waals surface area (Å²) in [5, 5.41) is 0. The molecule has 3 rings (SSSR count). The third kappa shape index (κ3) is 3.86. The van der Waals surface area contributed by atoms with Gasteiger partial charge in [0.05, 0.1) is 12.3 Å². The van der Waals surface area contributed by atoms with E-state index in [1.54, 1.807) is 24.4 Å². The first-order valence-electron chi connectivity index (χ1n) is 7.33. The fourth-order valence-electron chi connectivity index (χ4n) is 2.54. The van der Waals surface area contributed by atoms with Gasteiger partial charge in [-0.3, -0.25) is 0 Å². The fourth-order valence-corrected chi connectivity index (χ4v) is 4.12. The average Bonchev–Trinajstić information content (AvgIpc) is 3.00.